The molecule has 0 heterocycles. The van der Waals surface area contributed by atoms with Crippen molar-refractivity contribution >= 4 is 17.4 Å². The molecule has 1 aromatic rings. The molecule has 0 spiro atoms. The normalized spacial score (nSPS) is 22.6. The van der Waals surface area contributed by atoms with Crippen molar-refractivity contribution in [2.45, 2.75) is 45.6 Å². The second kappa shape index (κ2) is 6.64. The number of hydrogen-bond acceptors (Lipinski definition) is 2. The first-order chi connectivity index (χ1) is 9.56. The van der Waals surface area contributed by atoms with E-state index in [2.05, 4.69) is 24.5 Å². The van der Waals surface area contributed by atoms with Crippen molar-refractivity contribution in [3.8, 4) is 0 Å². The van der Waals surface area contributed by atoms with Gasteiger partial charge in [0.1, 0.15) is 0 Å². The first kappa shape index (κ1) is 14.7. The molecule has 0 bridgehead atoms. The predicted octanol–water partition coefficient (Wildman–Crippen LogP) is 3.80. The molecule has 1 aliphatic carbocycles. The molecule has 2 unspecified atom stereocenters. The predicted molar refractivity (Wildman–Crippen MR) is 83.9 cm³/mol. The Hall–Kier alpha value is -1.71. The summed E-state index contributed by atoms with van der Waals surface area (Å²) in [7, 11) is 0. The minimum Gasteiger partial charge on any atom is -0.382 e. The van der Waals surface area contributed by atoms with Crippen molar-refractivity contribution < 1.29 is 4.79 Å². The zero-order chi connectivity index (χ0) is 14.5. The summed E-state index contributed by atoms with van der Waals surface area (Å²) in [5.41, 5.74) is 6.94. The van der Waals surface area contributed by atoms with E-state index in [-0.39, 0.29) is 0 Å². The van der Waals surface area contributed by atoms with Crippen LogP contribution in [0.4, 0.5) is 16.2 Å². The third kappa shape index (κ3) is 3.89. The van der Waals surface area contributed by atoms with Gasteiger partial charge in [-0.25, -0.2) is 4.79 Å². The molecule has 1 aromatic carbocycles. The molecule has 0 radical (unpaired) electrons. The summed E-state index contributed by atoms with van der Waals surface area (Å²) in [6.45, 7) is 4.60. The van der Waals surface area contributed by atoms with Gasteiger partial charge in [-0.3, -0.25) is 0 Å². The number of nitrogens with two attached hydrogens (primary N) is 1. The maximum absolute atomic E-state index is 10.9. The molecule has 1 aliphatic rings. The van der Waals surface area contributed by atoms with E-state index in [4.69, 9.17) is 5.73 Å². The van der Waals surface area contributed by atoms with Crippen molar-refractivity contribution in [3.63, 3.8) is 0 Å². The molecular formula is C16H25N3O. The second-order valence-electron chi connectivity index (χ2n) is 6.01. The summed E-state index contributed by atoms with van der Waals surface area (Å²) in [5, 5.41) is 6.25. The Morgan fingerprint density at radius 3 is 2.65 bits per heavy atom. The Balaban J connectivity index is 2.06. The van der Waals surface area contributed by atoms with Crippen LogP contribution in [0.25, 0.3) is 0 Å². The average Bonchev–Trinajstić information content (AvgIpc) is 2.38. The lowest BCUT2D eigenvalue weighted by Crippen LogP contribution is -2.35. The molecule has 0 saturated heterocycles. The van der Waals surface area contributed by atoms with Crippen LogP contribution in [0.2, 0.25) is 0 Å². The molecule has 1 saturated carbocycles. The summed E-state index contributed by atoms with van der Waals surface area (Å²) < 4.78 is 0. The van der Waals surface area contributed by atoms with Gasteiger partial charge < -0.3 is 16.4 Å². The summed E-state index contributed by atoms with van der Waals surface area (Å²) >= 11 is 0. The van der Waals surface area contributed by atoms with E-state index in [1.165, 1.54) is 25.7 Å². The SMILES string of the molecule is CC(C)C1CCCCC1Nc1cccc(NC(N)=O)c1. The third-order valence-electron chi connectivity index (χ3n) is 4.16. The van der Waals surface area contributed by atoms with Gasteiger partial charge in [0.25, 0.3) is 0 Å². The highest BCUT2D eigenvalue weighted by atomic mass is 16.2. The summed E-state index contributed by atoms with van der Waals surface area (Å²) in [4.78, 5) is 10.9. The van der Waals surface area contributed by atoms with E-state index in [0.717, 1.165) is 17.3 Å². The van der Waals surface area contributed by atoms with Gasteiger partial charge in [0.05, 0.1) is 0 Å². The van der Waals surface area contributed by atoms with E-state index < -0.39 is 6.03 Å². The van der Waals surface area contributed by atoms with Gasteiger partial charge >= 0.3 is 6.03 Å². The van der Waals surface area contributed by atoms with Crippen molar-refractivity contribution in [3.05, 3.63) is 24.3 Å². The Morgan fingerprint density at radius 2 is 1.95 bits per heavy atom. The molecule has 110 valence electrons. The fraction of sp³-hybridized carbons (Fsp3) is 0.562. The standard InChI is InChI=1S/C16H25N3O/c1-11(2)14-8-3-4-9-15(14)18-12-6-5-7-13(10-12)19-16(17)20/h5-7,10-11,14-15,18H,3-4,8-9H2,1-2H3,(H3,17,19,20). The molecule has 0 aliphatic heterocycles. The fourth-order valence-corrected chi connectivity index (χ4v) is 3.18. The molecule has 4 N–H and O–H groups in total. The lowest BCUT2D eigenvalue weighted by atomic mass is 9.78. The lowest BCUT2D eigenvalue weighted by molar-refractivity contribution is 0.254. The maximum Gasteiger partial charge on any atom is 0.316 e. The highest BCUT2D eigenvalue weighted by Gasteiger charge is 2.27. The smallest absolute Gasteiger partial charge is 0.316 e. The van der Waals surface area contributed by atoms with Crippen LogP contribution in [0.3, 0.4) is 0 Å². The van der Waals surface area contributed by atoms with Crippen LogP contribution in [0.15, 0.2) is 24.3 Å². The Labute approximate surface area is 121 Å². The number of urea groups is 1. The van der Waals surface area contributed by atoms with Crippen molar-refractivity contribution in [2.75, 3.05) is 10.6 Å². The molecule has 2 rings (SSSR count). The van der Waals surface area contributed by atoms with E-state index in [9.17, 15) is 4.79 Å². The zero-order valence-electron chi connectivity index (χ0n) is 12.4. The van der Waals surface area contributed by atoms with Crippen molar-refractivity contribution in [1.82, 2.24) is 0 Å². The van der Waals surface area contributed by atoms with E-state index in [0.29, 0.717) is 12.0 Å². The number of carbonyl (C=O) groups is 1. The zero-order valence-corrected chi connectivity index (χ0v) is 12.4. The average molecular weight is 275 g/mol. The largest absolute Gasteiger partial charge is 0.382 e. The number of anilines is 2. The van der Waals surface area contributed by atoms with Crippen LogP contribution in [-0.2, 0) is 0 Å². The van der Waals surface area contributed by atoms with Gasteiger partial charge in [-0.15, -0.1) is 0 Å². The molecule has 2 atom stereocenters. The molecule has 20 heavy (non-hydrogen) atoms. The number of rotatable bonds is 4. The highest BCUT2D eigenvalue weighted by Crippen LogP contribution is 2.32. The second-order valence-corrected chi connectivity index (χ2v) is 6.01. The number of nitrogens with one attached hydrogen (secondary N) is 2. The Bertz CT molecular complexity index is 459. The molecular weight excluding hydrogens is 250 g/mol. The molecule has 4 heteroatoms. The van der Waals surface area contributed by atoms with Gasteiger partial charge in [0.15, 0.2) is 0 Å². The fourth-order valence-electron chi connectivity index (χ4n) is 3.18. The molecule has 4 nitrogen and oxygen atoms in total. The quantitative estimate of drug-likeness (QED) is 0.782. The van der Waals surface area contributed by atoms with E-state index in [1.807, 2.05) is 24.3 Å². The van der Waals surface area contributed by atoms with Crippen LogP contribution in [0, 0.1) is 11.8 Å². The number of benzene rings is 1. The number of primary amides is 1. The molecule has 0 aromatic heterocycles. The number of amides is 2. The van der Waals surface area contributed by atoms with Gasteiger partial charge in [-0.05, 0) is 42.9 Å². The molecule has 1 fully saturated rings. The van der Waals surface area contributed by atoms with Gasteiger partial charge in [-0.2, -0.15) is 0 Å². The topological polar surface area (TPSA) is 67.2 Å². The van der Waals surface area contributed by atoms with Gasteiger partial charge in [0.2, 0.25) is 0 Å². The number of hydrogen-bond donors (Lipinski definition) is 3. The third-order valence-corrected chi connectivity index (χ3v) is 4.16. The van der Waals surface area contributed by atoms with Crippen LogP contribution in [0.1, 0.15) is 39.5 Å². The highest BCUT2D eigenvalue weighted by molar-refractivity contribution is 5.88. The van der Waals surface area contributed by atoms with Gasteiger partial charge in [-0.1, -0.05) is 32.8 Å². The van der Waals surface area contributed by atoms with E-state index >= 15 is 0 Å². The number of carbonyl (C=O) groups excluding carboxylic acids is 1. The van der Waals surface area contributed by atoms with Gasteiger partial charge in [0, 0.05) is 17.4 Å². The Kier molecular flexibility index (Phi) is 4.88. The van der Waals surface area contributed by atoms with Crippen LogP contribution >= 0.6 is 0 Å². The van der Waals surface area contributed by atoms with Crippen molar-refractivity contribution in [1.29, 1.82) is 0 Å². The van der Waals surface area contributed by atoms with Crippen LogP contribution in [0.5, 0.6) is 0 Å². The minimum atomic E-state index is -0.528. The summed E-state index contributed by atoms with van der Waals surface area (Å²) in [6.07, 6.45) is 5.15. The maximum atomic E-state index is 10.9. The van der Waals surface area contributed by atoms with E-state index in [1.54, 1.807) is 0 Å². The first-order valence-corrected chi connectivity index (χ1v) is 7.49. The molecule has 2 amide bonds. The lowest BCUT2D eigenvalue weighted by Gasteiger charge is -2.35. The summed E-state index contributed by atoms with van der Waals surface area (Å²) in [6, 6.07) is 7.75. The Morgan fingerprint density at radius 1 is 1.25 bits per heavy atom. The van der Waals surface area contributed by atoms with Crippen LogP contribution < -0.4 is 16.4 Å². The van der Waals surface area contributed by atoms with Crippen molar-refractivity contribution in [2.24, 2.45) is 17.6 Å². The first-order valence-electron chi connectivity index (χ1n) is 7.49. The monoisotopic (exact) mass is 275 g/mol. The minimum absolute atomic E-state index is 0.521. The van der Waals surface area contributed by atoms with Crippen LogP contribution in [-0.4, -0.2) is 12.1 Å². The summed E-state index contributed by atoms with van der Waals surface area (Å²) in [5.74, 6) is 1.41.